The fourth-order valence-electron chi connectivity index (χ4n) is 2.03. The highest BCUT2D eigenvalue weighted by atomic mass is 16.5. The number of methoxy groups -OCH3 is 1. The van der Waals surface area contributed by atoms with E-state index in [9.17, 15) is 5.11 Å². The highest BCUT2D eigenvalue weighted by Gasteiger charge is 2.11. The molecule has 0 aliphatic rings. The Labute approximate surface area is 101 Å². The van der Waals surface area contributed by atoms with Gasteiger partial charge < -0.3 is 9.84 Å². The summed E-state index contributed by atoms with van der Waals surface area (Å²) in [6.07, 6.45) is 0.789. The largest absolute Gasteiger partial charge is 0.504 e. The third-order valence-corrected chi connectivity index (χ3v) is 2.78. The minimum Gasteiger partial charge on any atom is -0.504 e. The van der Waals surface area contributed by atoms with Crippen molar-refractivity contribution < 1.29 is 9.84 Å². The first-order valence-electron chi connectivity index (χ1n) is 5.55. The molecular weight excluding hydrogens is 212 g/mol. The maximum atomic E-state index is 10.1. The molecule has 0 atom stereocenters. The topological polar surface area (TPSA) is 29.5 Å². The van der Waals surface area contributed by atoms with E-state index >= 15 is 0 Å². The van der Waals surface area contributed by atoms with Crippen LogP contribution < -0.4 is 4.74 Å². The van der Waals surface area contributed by atoms with Crippen LogP contribution in [0.2, 0.25) is 0 Å². The number of phenols is 1. The average molecular weight is 228 g/mol. The second kappa shape index (κ2) is 4.50. The predicted octanol–water partition coefficient (Wildman–Crippen LogP) is 3.67. The van der Waals surface area contributed by atoms with Crippen molar-refractivity contribution in [2.75, 3.05) is 7.11 Å². The van der Waals surface area contributed by atoms with Gasteiger partial charge in [0.05, 0.1) is 7.11 Å². The molecular formula is C15H16O2. The van der Waals surface area contributed by atoms with Crippen molar-refractivity contribution in [2.45, 2.75) is 13.3 Å². The Kier molecular flexibility index (Phi) is 3.05. The summed E-state index contributed by atoms with van der Waals surface area (Å²) in [5.41, 5.74) is 2.21. The summed E-state index contributed by atoms with van der Waals surface area (Å²) in [7, 11) is 1.56. The van der Waals surface area contributed by atoms with E-state index in [0.717, 1.165) is 28.3 Å². The first-order chi connectivity index (χ1) is 8.13. The summed E-state index contributed by atoms with van der Waals surface area (Å²) in [6.45, 7) is 5.93. The molecule has 0 saturated carbocycles. The number of aromatic hydroxyl groups is 1. The summed E-state index contributed by atoms with van der Waals surface area (Å²) < 4.78 is 5.20. The average Bonchev–Trinajstić information content (AvgIpc) is 2.32. The van der Waals surface area contributed by atoms with Gasteiger partial charge in [0.2, 0.25) is 0 Å². The number of fused-ring (bicyclic) bond motifs is 1. The van der Waals surface area contributed by atoms with Gasteiger partial charge in [0.25, 0.3) is 0 Å². The molecule has 0 aliphatic carbocycles. The molecule has 0 aromatic heterocycles. The van der Waals surface area contributed by atoms with Crippen molar-refractivity contribution in [1.82, 2.24) is 0 Å². The number of phenolic OH excluding ortho intramolecular Hbond substituents is 1. The minimum absolute atomic E-state index is 0.202. The second-order valence-electron chi connectivity index (χ2n) is 4.27. The van der Waals surface area contributed by atoms with Crippen LogP contribution in [0.15, 0.2) is 42.5 Å². The smallest absolute Gasteiger partial charge is 0.165 e. The zero-order chi connectivity index (χ0) is 12.4. The molecule has 2 aromatic carbocycles. The van der Waals surface area contributed by atoms with Crippen molar-refractivity contribution in [3.05, 3.63) is 48.0 Å². The molecule has 2 nitrogen and oxygen atoms in total. The van der Waals surface area contributed by atoms with Gasteiger partial charge in [-0.1, -0.05) is 36.4 Å². The number of hydrogen-bond acceptors (Lipinski definition) is 2. The Bertz CT molecular complexity index is 570. The van der Waals surface area contributed by atoms with Crippen LogP contribution in [0.3, 0.4) is 0 Å². The lowest BCUT2D eigenvalue weighted by Gasteiger charge is -2.12. The number of rotatable bonds is 3. The maximum Gasteiger partial charge on any atom is 0.165 e. The quantitative estimate of drug-likeness (QED) is 0.812. The molecule has 17 heavy (non-hydrogen) atoms. The van der Waals surface area contributed by atoms with Crippen molar-refractivity contribution in [2.24, 2.45) is 0 Å². The molecule has 0 bridgehead atoms. The number of hydrogen-bond donors (Lipinski definition) is 1. The molecule has 0 fully saturated rings. The van der Waals surface area contributed by atoms with Crippen LogP contribution in [0.4, 0.5) is 0 Å². The summed E-state index contributed by atoms with van der Waals surface area (Å²) in [6, 6.07) is 9.66. The normalized spacial score (nSPS) is 10.5. The zero-order valence-electron chi connectivity index (χ0n) is 10.2. The summed E-state index contributed by atoms with van der Waals surface area (Å²) in [5, 5.41) is 11.9. The lowest BCUT2D eigenvalue weighted by atomic mass is 9.98. The molecule has 0 spiro atoms. The Morgan fingerprint density at radius 1 is 1.29 bits per heavy atom. The van der Waals surface area contributed by atoms with Crippen LogP contribution in [-0.2, 0) is 6.42 Å². The maximum absolute atomic E-state index is 10.1. The monoisotopic (exact) mass is 228 g/mol. The Hall–Kier alpha value is -1.96. The highest BCUT2D eigenvalue weighted by molar-refractivity contribution is 5.93. The van der Waals surface area contributed by atoms with Crippen LogP contribution in [-0.4, -0.2) is 12.2 Å². The van der Waals surface area contributed by atoms with E-state index in [1.165, 1.54) is 0 Å². The van der Waals surface area contributed by atoms with Gasteiger partial charge in [0.15, 0.2) is 11.5 Å². The molecule has 0 unspecified atom stereocenters. The van der Waals surface area contributed by atoms with E-state index in [1.807, 2.05) is 37.3 Å². The van der Waals surface area contributed by atoms with Crippen LogP contribution in [0, 0.1) is 0 Å². The lowest BCUT2D eigenvalue weighted by molar-refractivity contribution is 0.376. The van der Waals surface area contributed by atoms with Crippen LogP contribution in [0.5, 0.6) is 11.5 Å². The first kappa shape index (κ1) is 11.5. The van der Waals surface area contributed by atoms with E-state index in [4.69, 9.17) is 4.74 Å². The Morgan fingerprint density at radius 2 is 1.94 bits per heavy atom. The SMILES string of the molecule is C=C(C)Cc1cc(OC)c(O)c2ccccc12. The fourth-order valence-corrected chi connectivity index (χ4v) is 2.03. The van der Waals surface area contributed by atoms with E-state index < -0.39 is 0 Å². The van der Waals surface area contributed by atoms with Crippen molar-refractivity contribution in [3.63, 3.8) is 0 Å². The summed E-state index contributed by atoms with van der Waals surface area (Å²) >= 11 is 0. The second-order valence-corrected chi connectivity index (χ2v) is 4.27. The summed E-state index contributed by atoms with van der Waals surface area (Å²) in [4.78, 5) is 0. The number of ether oxygens (including phenoxy) is 1. The molecule has 0 aliphatic heterocycles. The molecule has 2 heteroatoms. The molecule has 2 aromatic rings. The predicted molar refractivity (Wildman–Crippen MR) is 70.7 cm³/mol. The molecule has 0 amide bonds. The van der Waals surface area contributed by atoms with Crippen LogP contribution in [0.1, 0.15) is 12.5 Å². The van der Waals surface area contributed by atoms with E-state index in [0.29, 0.717) is 5.75 Å². The van der Waals surface area contributed by atoms with E-state index in [2.05, 4.69) is 6.58 Å². The van der Waals surface area contributed by atoms with E-state index in [-0.39, 0.29) is 5.75 Å². The van der Waals surface area contributed by atoms with Gasteiger partial charge >= 0.3 is 0 Å². The van der Waals surface area contributed by atoms with E-state index in [1.54, 1.807) is 7.11 Å². The lowest BCUT2D eigenvalue weighted by Crippen LogP contribution is -1.92. The van der Waals surface area contributed by atoms with Gasteiger partial charge in [-0.3, -0.25) is 0 Å². The molecule has 0 heterocycles. The van der Waals surface area contributed by atoms with Gasteiger partial charge in [-0.15, -0.1) is 0 Å². The summed E-state index contributed by atoms with van der Waals surface area (Å²) in [5.74, 6) is 0.716. The Balaban J connectivity index is 2.73. The number of benzene rings is 2. The Morgan fingerprint density at radius 3 is 2.53 bits per heavy atom. The van der Waals surface area contributed by atoms with Gasteiger partial charge in [-0.05, 0) is 30.4 Å². The standard InChI is InChI=1S/C15H16O2/c1-10(2)8-11-9-14(17-3)15(16)13-7-5-4-6-12(11)13/h4-7,9,16H,1,8H2,2-3H3. The molecule has 0 radical (unpaired) electrons. The minimum atomic E-state index is 0.202. The van der Waals surface area contributed by atoms with Crippen molar-refractivity contribution in [1.29, 1.82) is 0 Å². The van der Waals surface area contributed by atoms with Gasteiger partial charge in [0, 0.05) is 5.39 Å². The highest BCUT2D eigenvalue weighted by Crippen LogP contribution is 2.37. The van der Waals surface area contributed by atoms with Crippen LogP contribution in [0.25, 0.3) is 10.8 Å². The first-order valence-corrected chi connectivity index (χ1v) is 5.55. The van der Waals surface area contributed by atoms with Gasteiger partial charge in [-0.2, -0.15) is 0 Å². The van der Waals surface area contributed by atoms with Crippen LogP contribution >= 0.6 is 0 Å². The zero-order valence-corrected chi connectivity index (χ0v) is 10.2. The van der Waals surface area contributed by atoms with Crippen molar-refractivity contribution in [3.8, 4) is 11.5 Å². The number of allylic oxidation sites excluding steroid dienone is 1. The van der Waals surface area contributed by atoms with Gasteiger partial charge in [0.1, 0.15) is 0 Å². The third-order valence-electron chi connectivity index (χ3n) is 2.78. The molecule has 1 N–H and O–H groups in total. The van der Waals surface area contributed by atoms with Crippen molar-refractivity contribution >= 4 is 10.8 Å². The third kappa shape index (κ3) is 2.11. The molecule has 0 saturated heterocycles. The van der Waals surface area contributed by atoms with Gasteiger partial charge in [-0.25, -0.2) is 0 Å². The molecule has 2 rings (SSSR count). The fraction of sp³-hybridized carbons (Fsp3) is 0.200. The molecule has 88 valence electrons.